The summed E-state index contributed by atoms with van der Waals surface area (Å²) in [5, 5.41) is 13.2. The number of rotatable bonds is 9. The maximum absolute atomic E-state index is 13.2. The normalized spacial score (nSPS) is 29.3. The van der Waals surface area contributed by atoms with Crippen LogP contribution in [0.3, 0.4) is 0 Å². The van der Waals surface area contributed by atoms with Gasteiger partial charge in [-0.05, 0) is 58.3 Å². The Bertz CT molecular complexity index is 671. The van der Waals surface area contributed by atoms with Crippen molar-refractivity contribution in [3.8, 4) is 0 Å². The highest BCUT2D eigenvalue weighted by molar-refractivity contribution is 5.92. The second kappa shape index (κ2) is 12.2. The van der Waals surface area contributed by atoms with Gasteiger partial charge in [0.2, 0.25) is 17.7 Å². The SMILES string of the molecule is CC(C)CCC(=O)N[C@@H](CC(=O)N1CCCC[C@@H]1C)C(=O)N[C@@H](C)C1NC2CCCCC2N1. The van der Waals surface area contributed by atoms with Gasteiger partial charge in [0.15, 0.2) is 0 Å². The summed E-state index contributed by atoms with van der Waals surface area (Å²) in [5.41, 5.74) is 0. The molecule has 33 heavy (non-hydrogen) atoms. The monoisotopic (exact) mass is 463 g/mol. The minimum Gasteiger partial charge on any atom is -0.349 e. The summed E-state index contributed by atoms with van der Waals surface area (Å²) in [6.07, 6.45) is 9.03. The van der Waals surface area contributed by atoms with Gasteiger partial charge in [-0.15, -0.1) is 0 Å². The highest BCUT2D eigenvalue weighted by atomic mass is 16.2. The molecular weight excluding hydrogens is 418 g/mol. The molecule has 2 saturated heterocycles. The van der Waals surface area contributed by atoms with E-state index in [4.69, 9.17) is 0 Å². The Balaban J connectivity index is 1.60. The third-order valence-electron chi connectivity index (χ3n) is 7.53. The molecule has 2 heterocycles. The van der Waals surface area contributed by atoms with Crippen molar-refractivity contribution in [3.63, 3.8) is 0 Å². The molecule has 2 unspecified atom stereocenters. The molecule has 3 amide bonds. The van der Waals surface area contributed by atoms with Gasteiger partial charge in [-0.1, -0.05) is 26.7 Å². The number of hydrogen-bond donors (Lipinski definition) is 4. The zero-order chi connectivity index (χ0) is 24.0. The van der Waals surface area contributed by atoms with Crippen molar-refractivity contribution >= 4 is 17.7 Å². The van der Waals surface area contributed by atoms with Gasteiger partial charge in [0.25, 0.3) is 0 Å². The van der Waals surface area contributed by atoms with E-state index in [0.29, 0.717) is 24.4 Å². The molecule has 1 aliphatic carbocycles. The number of nitrogens with one attached hydrogen (secondary N) is 4. The van der Waals surface area contributed by atoms with Gasteiger partial charge in [-0.3, -0.25) is 25.0 Å². The zero-order valence-corrected chi connectivity index (χ0v) is 21.0. The summed E-state index contributed by atoms with van der Waals surface area (Å²) in [6.45, 7) is 8.91. The molecule has 0 spiro atoms. The quantitative estimate of drug-likeness (QED) is 0.419. The predicted molar refractivity (Wildman–Crippen MR) is 129 cm³/mol. The Kier molecular flexibility index (Phi) is 9.56. The van der Waals surface area contributed by atoms with E-state index < -0.39 is 6.04 Å². The Morgan fingerprint density at radius 1 is 0.939 bits per heavy atom. The molecule has 3 aliphatic rings. The van der Waals surface area contributed by atoms with E-state index in [2.05, 4.69) is 42.0 Å². The van der Waals surface area contributed by atoms with E-state index in [1.54, 1.807) is 0 Å². The lowest BCUT2D eigenvalue weighted by atomic mass is 9.92. The topological polar surface area (TPSA) is 103 Å². The van der Waals surface area contributed by atoms with Crippen LogP contribution < -0.4 is 21.3 Å². The first-order chi connectivity index (χ1) is 15.7. The number of likely N-dealkylation sites (tertiary alicyclic amines) is 1. The zero-order valence-electron chi connectivity index (χ0n) is 21.0. The lowest BCUT2D eigenvalue weighted by Gasteiger charge is -2.34. The Labute approximate surface area is 199 Å². The minimum absolute atomic E-state index is 0.00263. The van der Waals surface area contributed by atoms with Crippen molar-refractivity contribution in [1.82, 2.24) is 26.2 Å². The number of carbonyl (C=O) groups excluding carboxylic acids is 3. The second-order valence-electron chi connectivity index (χ2n) is 10.8. The number of piperidine rings is 1. The van der Waals surface area contributed by atoms with Gasteiger partial charge >= 0.3 is 0 Å². The number of carbonyl (C=O) groups is 3. The van der Waals surface area contributed by atoms with E-state index >= 15 is 0 Å². The van der Waals surface area contributed by atoms with Crippen molar-refractivity contribution in [2.75, 3.05) is 6.54 Å². The number of hydrogen-bond acceptors (Lipinski definition) is 5. The molecule has 0 aromatic heterocycles. The molecule has 0 radical (unpaired) electrons. The fourth-order valence-electron chi connectivity index (χ4n) is 5.39. The minimum atomic E-state index is -0.850. The van der Waals surface area contributed by atoms with Crippen LogP contribution in [0.25, 0.3) is 0 Å². The van der Waals surface area contributed by atoms with Crippen LogP contribution in [-0.2, 0) is 14.4 Å². The van der Waals surface area contributed by atoms with Crippen LogP contribution in [0.4, 0.5) is 0 Å². The van der Waals surface area contributed by atoms with Crippen molar-refractivity contribution in [1.29, 1.82) is 0 Å². The summed E-state index contributed by atoms with van der Waals surface area (Å²) < 4.78 is 0. The lowest BCUT2D eigenvalue weighted by molar-refractivity contribution is -0.138. The second-order valence-corrected chi connectivity index (χ2v) is 10.8. The number of amides is 3. The average molecular weight is 464 g/mol. The van der Waals surface area contributed by atoms with Gasteiger partial charge in [-0.2, -0.15) is 0 Å². The summed E-state index contributed by atoms with van der Waals surface area (Å²) in [7, 11) is 0. The molecule has 188 valence electrons. The van der Waals surface area contributed by atoms with Crippen LogP contribution in [0.5, 0.6) is 0 Å². The smallest absolute Gasteiger partial charge is 0.243 e. The molecule has 8 heteroatoms. The Hall–Kier alpha value is -1.67. The van der Waals surface area contributed by atoms with Gasteiger partial charge in [0.1, 0.15) is 6.04 Å². The summed E-state index contributed by atoms with van der Waals surface area (Å²) in [4.78, 5) is 40.7. The van der Waals surface area contributed by atoms with Gasteiger partial charge in [0, 0.05) is 31.1 Å². The van der Waals surface area contributed by atoms with Gasteiger partial charge in [0.05, 0.1) is 18.6 Å². The number of fused-ring (bicyclic) bond motifs is 1. The number of nitrogens with zero attached hydrogens (tertiary/aromatic N) is 1. The molecule has 0 aromatic carbocycles. The van der Waals surface area contributed by atoms with Crippen molar-refractivity contribution in [3.05, 3.63) is 0 Å². The third-order valence-corrected chi connectivity index (χ3v) is 7.53. The van der Waals surface area contributed by atoms with Crippen LogP contribution in [0.1, 0.15) is 91.9 Å². The first kappa shape index (κ1) is 25.9. The van der Waals surface area contributed by atoms with Crippen LogP contribution in [0, 0.1) is 5.92 Å². The molecule has 0 bridgehead atoms. The summed E-state index contributed by atoms with van der Waals surface area (Å²) in [6, 6.07) is 0.0916. The largest absolute Gasteiger partial charge is 0.349 e. The maximum atomic E-state index is 13.2. The van der Waals surface area contributed by atoms with Crippen molar-refractivity contribution < 1.29 is 14.4 Å². The summed E-state index contributed by atoms with van der Waals surface area (Å²) in [5.74, 6) is -0.0970. The molecular formula is C25H45N5O3. The van der Waals surface area contributed by atoms with Crippen molar-refractivity contribution in [2.24, 2.45) is 5.92 Å². The molecule has 2 aliphatic heterocycles. The standard InChI is InChI=1S/C25H45N5O3/c1-16(2)12-13-22(31)27-21(15-23(32)30-14-8-7-9-17(30)3)25(33)26-18(4)24-28-19-10-5-6-11-20(19)29-24/h16-21,24,28-29H,5-15H2,1-4H3,(H,26,33)(H,27,31)/t17-,18-,19?,20?,21-,24?/m0/s1. The first-order valence-corrected chi connectivity index (χ1v) is 13.2. The van der Waals surface area contributed by atoms with E-state index in [1.165, 1.54) is 12.8 Å². The van der Waals surface area contributed by atoms with Crippen LogP contribution in [0.2, 0.25) is 0 Å². The summed E-state index contributed by atoms with van der Waals surface area (Å²) >= 11 is 0. The lowest BCUT2D eigenvalue weighted by Crippen LogP contribution is -2.57. The molecule has 4 N–H and O–H groups in total. The van der Waals surface area contributed by atoms with Crippen LogP contribution in [0.15, 0.2) is 0 Å². The van der Waals surface area contributed by atoms with Crippen LogP contribution in [-0.4, -0.2) is 65.5 Å². The molecule has 1 saturated carbocycles. The molecule has 3 rings (SSSR count). The maximum Gasteiger partial charge on any atom is 0.243 e. The highest BCUT2D eigenvalue weighted by Gasteiger charge is 2.38. The fraction of sp³-hybridized carbons (Fsp3) is 0.880. The molecule has 8 nitrogen and oxygen atoms in total. The first-order valence-electron chi connectivity index (χ1n) is 13.2. The molecule has 5 atom stereocenters. The van der Waals surface area contributed by atoms with E-state index in [1.807, 2.05) is 11.8 Å². The third kappa shape index (κ3) is 7.41. The van der Waals surface area contributed by atoms with Crippen molar-refractivity contribution in [2.45, 2.75) is 128 Å². The Morgan fingerprint density at radius 2 is 1.58 bits per heavy atom. The average Bonchev–Trinajstić information content (AvgIpc) is 3.22. The highest BCUT2D eigenvalue weighted by Crippen LogP contribution is 2.23. The van der Waals surface area contributed by atoms with Gasteiger partial charge < -0.3 is 15.5 Å². The molecule has 0 aromatic rings. The van der Waals surface area contributed by atoms with E-state index in [-0.39, 0.29) is 42.4 Å². The predicted octanol–water partition coefficient (Wildman–Crippen LogP) is 2.03. The Morgan fingerprint density at radius 3 is 2.18 bits per heavy atom. The molecule has 3 fully saturated rings. The van der Waals surface area contributed by atoms with E-state index in [0.717, 1.165) is 45.1 Å². The van der Waals surface area contributed by atoms with Gasteiger partial charge in [-0.25, -0.2) is 0 Å². The van der Waals surface area contributed by atoms with E-state index in [9.17, 15) is 14.4 Å². The fourth-order valence-corrected chi connectivity index (χ4v) is 5.39. The van der Waals surface area contributed by atoms with Crippen LogP contribution >= 0.6 is 0 Å².